The Morgan fingerprint density at radius 1 is 1.08 bits per heavy atom. The summed E-state index contributed by atoms with van der Waals surface area (Å²) in [6.07, 6.45) is 10.7. The van der Waals surface area contributed by atoms with Gasteiger partial charge in [-0.15, -0.1) is 0 Å². The summed E-state index contributed by atoms with van der Waals surface area (Å²) in [5.74, 6) is 1.06. The molecule has 11 heteroatoms. The summed E-state index contributed by atoms with van der Waals surface area (Å²) in [5.41, 5.74) is 3.67. The van der Waals surface area contributed by atoms with Crippen LogP contribution in [0.2, 0.25) is 0 Å². The summed E-state index contributed by atoms with van der Waals surface area (Å²) in [6.45, 7) is 5.73. The summed E-state index contributed by atoms with van der Waals surface area (Å²) in [6, 6.07) is 6.17. The number of nitrogens with zero attached hydrogens (tertiary/aromatic N) is 9. The van der Waals surface area contributed by atoms with Gasteiger partial charge in [0.2, 0.25) is 5.91 Å². The monoisotopic (exact) mass is 496 g/mol. The van der Waals surface area contributed by atoms with Crippen LogP contribution >= 0.6 is 0 Å². The Morgan fingerprint density at radius 3 is 2.57 bits per heavy atom. The number of rotatable bonds is 4. The Labute approximate surface area is 214 Å². The lowest BCUT2D eigenvalue weighted by Crippen LogP contribution is -2.58. The van der Waals surface area contributed by atoms with Gasteiger partial charge in [-0.2, -0.15) is 15.5 Å². The first-order valence-electron chi connectivity index (χ1n) is 12.5. The van der Waals surface area contributed by atoms with E-state index in [2.05, 4.69) is 26.5 Å². The number of aromatic nitrogens is 6. The number of carbonyl (C=O) groups excluding carboxylic acids is 1. The number of hydrogen-bond acceptors (Lipinski definition) is 8. The van der Waals surface area contributed by atoms with Crippen molar-refractivity contribution in [2.45, 2.75) is 25.3 Å². The number of amides is 1. The Morgan fingerprint density at radius 2 is 1.92 bits per heavy atom. The first-order valence-corrected chi connectivity index (χ1v) is 12.5. The number of fused-ring (bicyclic) bond motifs is 1. The van der Waals surface area contributed by atoms with E-state index in [0.29, 0.717) is 35.6 Å². The second-order valence-corrected chi connectivity index (χ2v) is 9.89. The topological polar surface area (TPSA) is 120 Å². The molecule has 1 N–H and O–H groups in total. The fourth-order valence-corrected chi connectivity index (χ4v) is 5.27. The summed E-state index contributed by atoms with van der Waals surface area (Å²) in [4.78, 5) is 26.8. The molecule has 0 unspecified atom stereocenters. The van der Waals surface area contributed by atoms with E-state index < -0.39 is 5.54 Å². The van der Waals surface area contributed by atoms with Gasteiger partial charge in [-0.3, -0.25) is 9.48 Å². The third-order valence-electron chi connectivity index (χ3n) is 7.37. The largest absolute Gasteiger partial charge is 0.353 e. The average molecular weight is 497 g/mol. The van der Waals surface area contributed by atoms with Crippen molar-refractivity contribution >= 4 is 17.2 Å². The van der Waals surface area contributed by atoms with E-state index in [9.17, 15) is 10.1 Å². The second-order valence-electron chi connectivity index (χ2n) is 9.89. The van der Waals surface area contributed by atoms with Gasteiger partial charge in [-0.25, -0.2) is 14.5 Å². The van der Waals surface area contributed by atoms with Gasteiger partial charge in [0.25, 0.3) is 0 Å². The minimum absolute atomic E-state index is 0.200. The van der Waals surface area contributed by atoms with Crippen LogP contribution in [0.5, 0.6) is 0 Å². The van der Waals surface area contributed by atoms with Gasteiger partial charge < -0.3 is 15.1 Å². The van der Waals surface area contributed by atoms with Gasteiger partial charge in [0.05, 0.1) is 35.5 Å². The van der Waals surface area contributed by atoms with E-state index in [1.165, 1.54) is 0 Å². The first kappa shape index (κ1) is 23.1. The zero-order valence-electron chi connectivity index (χ0n) is 20.9. The highest BCUT2D eigenvalue weighted by Gasteiger charge is 2.39. The molecule has 4 aromatic rings. The molecule has 188 valence electrons. The lowest BCUT2D eigenvalue weighted by molar-refractivity contribution is -0.137. The minimum atomic E-state index is -0.430. The van der Waals surface area contributed by atoms with Crippen LogP contribution in [0.1, 0.15) is 25.3 Å². The Hall–Kier alpha value is -4.30. The van der Waals surface area contributed by atoms with Crippen LogP contribution in [-0.4, -0.2) is 78.4 Å². The number of pyridine rings is 1. The summed E-state index contributed by atoms with van der Waals surface area (Å²) < 4.78 is 3.41. The Balaban J connectivity index is 1.25. The van der Waals surface area contributed by atoms with Crippen molar-refractivity contribution in [3.8, 4) is 28.6 Å². The zero-order valence-corrected chi connectivity index (χ0v) is 20.9. The first-order chi connectivity index (χ1) is 17.9. The van der Waals surface area contributed by atoms with Crippen LogP contribution in [0.25, 0.3) is 28.0 Å². The SMILES string of the molecule is Cn1cc(-c2cn3ncc(C#N)c3c(-c3ccc(N4CCN(C(=O)[C@@]5(C)CCCN5)CC4)nc3)n2)cn1. The molecule has 11 nitrogen and oxygen atoms in total. The van der Waals surface area contributed by atoms with Crippen LogP contribution in [0.15, 0.2) is 43.1 Å². The van der Waals surface area contributed by atoms with Gasteiger partial charge in [-0.1, -0.05) is 0 Å². The third kappa shape index (κ3) is 4.09. The summed E-state index contributed by atoms with van der Waals surface area (Å²) in [7, 11) is 1.86. The van der Waals surface area contributed by atoms with E-state index in [-0.39, 0.29) is 5.91 Å². The highest BCUT2D eigenvalue weighted by Crippen LogP contribution is 2.29. The quantitative estimate of drug-likeness (QED) is 0.455. The molecule has 4 aromatic heterocycles. The van der Waals surface area contributed by atoms with E-state index in [1.807, 2.05) is 37.2 Å². The third-order valence-corrected chi connectivity index (χ3v) is 7.37. The van der Waals surface area contributed by atoms with Crippen molar-refractivity contribution in [2.24, 2.45) is 7.05 Å². The number of anilines is 1. The van der Waals surface area contributed by atoms with Crippen molar-refractivity contribution in [2.75, 3.05) is 37.6 Å². The molecule has 0 bridgehead atoms. The molecule has 2 aliphatic rings. The molecule has 6 rings (SSSR count). The van der Waals surface area contributed by atoms with E-state index in [4.69, 9.17) is 9.97 Å². The van der Waals surface area contributed by atoms with Gasteiger partial charge in [0.15, 0.2) is 0 Å². The Kier molecular flexibility index (Phi) is 5.61. The predicted molar refractivity (Wildman–Crippen MR) is 138 cm³/mol. The fraction of sp³-hybridized carbons (Fsp3) is 0.385. The molecule has 2 aliphatic heterocycles. The van der Waals surface area contributed by atoms with Crippen LogP contribution in [0.3, 0.4) is 0 Å². The summed E-state index contributed by atoms with van der Waals surface area (Å²) >= 11 is 0. The van der Waals surface area contributed by atoms with E-state index in [1.54, 1.807) is 34.0 Å². The van der Waals surface area contributed by atoms with Crippen molar-refractivity contribution in [1.29, 1.82) is 5.26 Å². The highest BCUT2D eigenvalue weighted by atomic mass is 16.2. The lowest BCUT2D eigenvalue weighted by Gasteiger charge is -2.39. The molecule has 2 saturated heterocycles. The van der Waals surface area contributed by atoms with Crippen molar-refractivity contribution in [1.82, 2.24) is 39.6 Å². The molecule has 6 heterocycles. The molecule has 1 atom stereocenters. The van der Waals surface area contributed by atoms with E-state index >= 15 is 0 Å². The number of carbonyl (C=O) groups is 1. The molecule has 0 radical (unpaired) electrons. The normalized spacial score (nSPS) is 19.9. The van der Waals surface area contributed by atoms with Gasteiger partial charge in [0, 0.05) is 56.7 Å². The number of nitriles is 1. The van der Waals surface area contributed by atoms with Crippen molar-refractivity contribution in [3.63, 3.8) is 0 Å². The standard InChI is InChI=1S/C26H28N10O/c1-26(6-3-7-29-26)25(37)35-10-8-34(9-11-35)22-5-4-18(13-28-22)23-24-19(12-27)14-31-36(24)17-21(32-23)20-15-30-33(2)16-20/h4-5,13-17,29H,3,6-11H2,1-2H3/t26-/m1/s1. The van der Waals surface area contributed by atoms with Gasteiger partial charge >= 0.3 is 0 Å². The van der Waals surface area contributed by atoms with Crippen LogP contribution in [-0.2, 0) is 11.8 Å². The number of nitrogens with one attached hydrogen (secondary N) is 1. The van der Waals surface area contributed by atoms with Crippen LogP contribution in [0.4, 0.5) is 5.82 Å². The maximum atomic E-state index is 13.0. The van der Waals surface area contributed by atoms with Gasteiger partial charge in [0.1, 0.15) is 23.0 Å². The highest BCUT2D eigenvalue weighted by molar-refractivity contribution is 5.86. The van der Waals surface area contributed by atoms with Crippen LogP contribution in [0, 0.1) is 11.3 Å². The number of aryl methyl sites for hydroxylation is 1. The minimum Gasteiger partial charge on any atom is -0.353 e. The summed E-state index contributed by atoms with van der Waals surface area (Å²) in [5, 5.41) is 21.6. The molecule has 37 heavy (non-hydrogen) atoms. The molecular weight excluding hydrogens is 468 g/mol. The zero-order chi connectivity index (χ0) is 25.6. The van der Waals surface area contributed by atoms with Crippen molar-refractivity contribution < 1.29 is 4.79 Å². The predicted octanol–water partition coefficient (Wildman–Crippen LogP) is 1.85. The second kappa shape index (κ2) is 8.97. The van der Waals surface area contributed by atoms with E-state index in [0.717, 1.165) is 49.4 Å². The number of piperazine rings is 1. The van der Waals surface area contributed by atoms with Crippen molar-refractivity contribution in [3.05, 3.63) is 48.7 Å². The maximum absolute atomic E-state index is 13.0. The fourth-order valence-electron chi connectivity index (χ4n) is 5.27. The molecular formula is C26H28N10O. The molecule has 0 saturated carbocycles. The molecule has 1 amide bonds. The number of hydrogen-bond donors (Lipinski definition) is 1. The molecule has 0 aromatic carbocycles. The van der Waals surface area contributed by atoms with Crippen LogP contribution < -0.4 is 10.2 Å². The molecule has 2 fully saturated rings. The average Bonchev–Trinajstić information content (AvgIpc) is 3.68. The molecule has 0 spiro atoms. The molecule has 0 aliphatic carbocycles. The lowest BCUT2D eigenvalue weighted by atomic mass is 9.98. The van der Waals surface area contributed by atoms with Gasteiger partial charge in [-0.05, 0) is 38.4 Å². The smallest absolute Gasteiger partial charge is 0.242 e. The maximum Gasteiger partial charge on any atom is 0.242 e. The Bertz CT molecular complexity index is 1500.